The van der Waals surface area contributed by atoms with Crippen LogP contribution >= 0.6 is 27.7 Å². The number of aryl methyl sites for hydroxylation is 2. The highest BCUT2D eigenvalue weighted by Gasteiger charge is 2.13. The number of nitrogens with one attached hydrogen (secondary N) is 1. The van der Waals surface area contributed by atoms with Crippen molar-refractivity contribution in [1.82, 2.24) is 15.2 Å². The maximum Gasteiger partial charge on any atom is 0.342 e. The van der Waals surface area contributed by atoms with Crippen molar-refractivity contribution in [3.8, 4) is 0 Å². The van der Waals surface area contributed by atoms with Gasteiger partial charge in [-0.25, -0.2) is 9.78 Å². The number of H-pyrrole nitrogens is 1. The predicted molar refractivity (Wildman–Crippen MR) is 86.1 cm³/mol. The van der Waals surface area contributed by atoms with E-state index in [1.54, 1.807) is 6.08 Å². The van der Waals surface area contributed by atoms with Gasteiger partial charge < -0.3 is 5.11 Å². The second-order valence-corrected chi connectivity index (χ2v) is 6.21. The Labute approximate surface area is 135 Å². The fourth-order valence-corrected chi connectivity index (χ4v) is 2.69. The zero-order valence-electron chi connectivity index (χ0n) is 11.6. The molecule has 1 heterocycles. The van der Waals surface area contributed by atoms with E-state index in [0.717, 1.165) is 39.6 Å². The third-order valence-electron chi connectivity index (χ3n) is 2.75. The number of carboxylic acid groups (broad SMARTS) is 1. The molecule has 0 spiro atoms. The van der Waals surface area contributed by atoms with Gasteiger partial charge in [0.25, 0.3) is 0 Å². The Morgan fingerprint density at radius 1 is 1.52 bits per heavy atom. The number of aromatic nitrogens is 3. The number of carbonyl (C=O) groups is 1. The molecule has 5 nitrogen and oxygen atoms in total. The molecule has 0 aliphatic heterocycles. The molecule has 7 heteroatoms. The molecule has 2 N–H and O–H groups in total. The van der Waals surface area contributed by atoms with E-state index in [9.17, 15) is 9.90 Å². The Bertz CT molecular complexity index is 697. The van der Waals surface area contributed by atoms with Gasteiger partial charge in [-0.1, -0.05) is 35.0 Å². The molecule has 0 atom stereocenters. The molecule has 0 radical (unpaired) electrons. The quantitative estimate of drug-likeness (QED) is 0.622. The molecule has 0 aliphatic rings. The van der Waals surface area contributed by atoms with Crippen LogP contribution in [-0.2, 0) is 11.2 Å². The summed E-state index contributed by atoms with van der Waals surface area (Å²) in [5.41, 5.74) is 1.90. The summed E-state index contributed by atoms with van der Waals surface area (Å²) >= 11 is 4.47. The molecule has 1 aromatic heterocycles. The van der Waals surface area contributed by atoms with Crippen molar-refractivity contribution in [3.05, 3.63) is 44.5 Å². The van der Waals surface area contributed by atoms with Gasteiger partial charge in [0.15, 0.2) is 0 Å². The van der Waals surface area contributed by atoms with Crippen molar-refractivity contribution in [2.45, 2.75) is 25.4 Å². The van der Waals surface area contributed by atoms with E-state index < -0.39 is 5.97 Å². The van der Waals surface area contributed by atoms with Crippen molar-refractivity contribution >= 4 is 39.7 Å². The highest BCUT2D eigenvalue weighted by atomic mass is 79.9. The minimum Gasteiger partial charge on any atom is -0.477 e. The molecule has 1 aromatic carbocycles. The zero-order chi connectivity index (χ0) is 15.4. The monoisotopic (exact) mass is 367 g/mol. The summed E-state index contributed by atoms with van der Waals surface area (Å²) in [5, 5.41) is 16.5. The zero-order valence-corrected chi connectivity index (χ0v) is 14.0. The average Bonchev–Trinajstić information content (AvgIpc) is 2.90. The number of aromatic amines is 1. The van der Waals surface area contributed by atoms with E-state index in [1.165, 1.54) is 0 Å². The molecular formula is C14H14BrN3O2S. The van der Waals surface area contributed by atoms with Crippen molar-refractivity contribution in [2.75, 3.05) is 0 Å². The lowest BCUT2D eigenvalue weighted by Crippen LogP contribution is -1.97. The van der Waals surface area contributed by atoms with E-state index in [2.05, 4.69) is 31.1 Å². The minimum absolute atomic E-state index is 0.174. The van der Waals surface area contributed by atoms with Gasteiger partial charge in [0, 0.05) is 10.9 Å². The first-order valence-corrected chi connectivity index (χ1v) is 7.90. The van der Waals surface area contributed by atoms with E-state index in [-0.39, 0.29) is 4.91 Å². The summed E-state index contributed by atoms with van der Waals surface area (Å²) in [6, 6.07) is 5.69. The lowest BCUT2D eigenvalue weighted by molar-refractivity contribution is -0.131. The van der Waals surface area contributed by atoms with Crippen LogP contribution in [0.15, 0.2) is 32.7 Å². The fraction of sp³-hybridized carbons (Fsp3) is 0.214. The highest BCUT2D eigenvalue weighted by Crippen LogP contribution is 2.27. The molecule has 110 valence electrons. The van der Waals surface area contributed by atoms with Gasteiger partial charge in [0.1, 0.15) is 10.7 Å². The first-order valence-electron chi connectivity index (χ1n) is 6.30. The van der Waals surface area contributed by atoms with Crippen LogP contribution in [0, 0.1) is 6.92 Å². The number of carboxylic acids is 1. The second kappa shape index (κ2) is 6.91. The molecule has 0 fully saturated rings. The van der Waals surface area contributed by atoms with E-state index in [1.807, 2.05) is 32.0 Å². The molecule has 0 bridgehead atoms. The number of thioether (sulfide) groups is 1. The largest absolute Gasteiger partial charge is 0.477 e. The van der Waals surface area contributed by atoms with E-state index >= 15 is 0 Å². The molecule has 0 saturated heterocycles. The molecular weight excluding hydrogens is 354 g/mol. The van der Waals surface area contributed by atoms with Gasteiger partial charge in [-0.2, -0.15) is 0 Å². The van der Waals surface area contributed by atoms with Crippen LogP contribution in [-0.4, -0.2) is 26.3 Å². The SMILES string of the molecule is CCc1nc(S/C(=C\c2ccc(C)c(Br)c2)C(=O)O)n[nH]1. The number of nitrogens with zero attached hydrogens (tertiary/aromatic N) is 2. The maximum atomic E-state index is 11.4. The highest BCUT2D eigenvalue weighted by molar-refractivity contribution is 9.10. The van der Waals surface area contributed by atoms with Gasteiger partial charge >= 0.3 is 5.97 Å². The predicted octanol–water partition coefficient (Wildman–Crippen LogP) is 3.66. The van der Waals surface area contributed by atoms with Crippen molar-refractivity contribution in [3.63, 3.8) is 0 Å². The molecule has 0 aliphatic carbocycles. The number of aliphatic carboxylic acids is 1. The van der Waals surface area contributed by atoms with Crippen molar-refractivity contribution in [1.29, 1.82) is 0 Å². The normalized spacial score (nSPS) is 11.7. The van der Waals surface area contributed by atoms with Gasteiger partial charge in [0.05, 0.1) is 0 Å². The lowest BCUT2D eigenvalue weighted by atomic mass is 10.1. The Morgan fingerprint density at radius 3 is 2.86 bits per heavy atom. The van der Waals surface area contributed by atoms with Crippen LogP contribution in [0.3, 0.4) is 0 Å². The maximum absolute atomic E-state index is 11.4. The van der Waals surface area contributed by atoms with Gasteiger partial charge in [0.2, 0.25) is 5.16 Å². The molecule has 0 amide bonds. The average molecular weight is 368 g/mol. The lowest BCUT2D eigenvalue weighted by Gasteiger charge is -2.02. The number of hydrogen-bond acceptors (Lipinski definition) is 4. The first kappa shape index (κ1) is 15.8. The first-order chi connectivity index (χ1) is 9.99. The van der Waals surface area contributed by atoms with E-state index in [0.29, 0.717) is 5.16 Å². The molecule has 2 aromatic rings. The van der Waals surface area contributed by atoms with Crippen LogP contribution < -0.4 is 0 Å². The third-order valence-corrected chi connectivity index (χ3v) is 4.48. The van der Waals surface area contributed by atoms with Crippen LogP contribution in [0.4, 0.5) is 0 Å². The smallest absolute Gasteiger partial charge is 0.342 e. The van der Waals surface area contributed by atoms with Gasteiger partial charge in [-0.15, -0.1) is 5.10 Å². The fourth-order valence-electron chi connectivity index (χ4n) is 1.57. The summed E-state index contributed by atoms with van der Waals surface area (Å²) in [6.07, 6.45) is 2.34. The van der Waals surface area contributed by atoms with Crippen molar-refractivity contribution < 1.29 is 9.90 Å². The Morgan fingerprint density at radius 2 is 2.29 bits per heavy atom. The summed E-state index contributed by atoms with van der Waals surface area (Å²) in [5.74, 6) is -0.264. The summed E-state index contributed by atoms with van der Waals surface area (Å²) in [6.45, 7) is 3.93. The topological polar surface area (TPSA) is 78.9 Å². The number of hydrogen-bond donors (Lipinski definition) is 2. The Balaban J connectivity index is 2.27. The number of rotatable bonds is 5. The summed E-state index contributed by atoms with van der Waals surface area (Å²) in [7, 11) is 0. The number of halogens is 1. The Kier molecular flexibility index (Phi) is 5.19. The van der Waals surface area contributed by atoms with Crippen molar-refractivity contribution in [2.24, 2.45) is 0 Å². The minimum atomic E-state index is -1.00. The van der Waals surface area contributed by atoms with Crippen LogP contribution in [0.25, 0.3) is 6.08 Å². The van der Waals surface area contributed by atoms with Gasteiger partial charge in [-0.05, 0) is 42.0 Å². The molecule has 0 unspecified atom stereocenters. The third kappa shape index (κ3) is 4.18. The van der Waals surface area contributed by atoms with Crippen LogP contribution in [0.5, 0.6) is 0 Å². The van der Waals surface area contributed by atoms with Crippen LogP contribution in [0.1, 0.15) is 23.9 Å². The standard InChI is InChI=1S/C14H14BrN3O2S/c1-3-12-16-14(18-17-12)21-11(13(19)20)7-9-5-4-8(2)10(15)6-9/h4-7H,3H2,1-2H3,(H,19,20)(H,16,17,18)/b11-7-. The van der Waals surface area contributed by atoms with Gasteiger partial charge in [-0.3, -0.25) is 5.10 Å². The molecule has 2 rings (SSSR count). The molecule has 21 heavy (non-hydrogen) atoms. The number of benzene rings is 1. The summed E-state index contributed by atoms with van der Waals surface area (Å²) in [4.78, 5) is 15.8. The Hall–Kier alpha value is -1.60. The molecule has 0 saturated carbocycles. The van der Waals surface area contributed by atoms with Crippen LogP contribution in [0.2, 0.25) is 0 Å². The van der Waals surface area contributed by atoms with E-state index in [4.69, 9.17) is 0 Å². The summed E-state index contributed by atoms with van der Waals surface area (Å²) < 4.78 is 0.942. The second-order valence-electron chi connectivity index (χ2n) is 4.34.